The lowest BCUT2D eigenvalue weighted by Crippen LogP contribution is -2.55. The highest BCUT2D eigenvalue weighted by atomic mass is 32.2. The Bertz CT molecular complexity index is 1120. The van der Waals surface area contributed by atoms with Gasteiger partial charge >= 0.3 is 5.97 Å². The Kier molecular flexibility index (Phi) is 9.28. The second-order valence-corrected chi connectivity index (χ2v) is 16.3. The molecule has 4 saturated carbocycles. The van der Waals surface area contributed by atoms with Crippen LogP contribution in [0.3, 0.4) is 0 Å². The molecule has 0 heterocycles. The van der Waals surface area contributed by atoms with Crippen molar-refractivity contribution in [1.29, 1.82) is 0 Å². The van der Waals surface area contributed by atoms with Gasteiger partial charge in [-0.1, -0.05) is 89.6 Å². The quantitative estimate of drug-likeness (QED) is 0.294. The van der Waals surface area contributed by atoms with Crippen molar-refractivity contribution >= 4 is 16.0 Å². The van der Waals surface area contributed by atoms with Gasteiger partial charge in [-0.25, -0.2) is 8.42 Å². The maximum atomic E-state index is 14.7. The van der Waals surface area contributed by atoms with E-state index >= 15 is 0 Å². The molecule has 0 aromatic heterocycles. The summed E-state index contributed by atoms with van der Waals surface area (Å²) in [5, 5.41) is 0. The summed E-state index contributed by atoms with van der Waals surface area (Å²) in [5.41, 5.74) is 5.77. The van der Waals surface area contributed by atoms with Crippen molar-refractivity contribution in [3.8, 4) is 0 Å². The lowest BCUT2D eigenvalue weighted by atomic mass is 9.69. The molecule has 0 aliphatic heterocycles. The number of esters is 1. The number of nitrogens with two attached hydrogens (primary N) is 1. The van der Waals surface area contributed by atoms with E-state index in [4.69, 9.17) is 10.5 Å². The molecule has 4 aliphatic rings. The molecule has 2 bridgehead atoms. The van der Waals surface area contributed by atoms with Gasteiger partial charge in [-0.05, 0) is 74.7 Å². The van der Waals surface area contributed by atoms with E-state index < -0.39 is 27.0 Å². The molecule has 4 fully saturated rings. The topological polar surface area (TPSA) is 89.7 Å². The Morgan fingerprint density at radius 2 is 1.56 bits per heavy atom. The maximum Gasteiger partial charge on any atom is 0.313 e. The zero-order valence-corrected chi connectivity index (χ0v) is 26.6. The first kappa shape index (κ1) is 31.0. The SMILES string of the molecule is CC[C@@](CN)(Cc1ccccc1)C(=O)O[C@@H]1C[C@H]2CC[C@]1(CS(=O)(=O)N(C1CCCCC1)C1CCCCC1)C2(C)C. The lowest BCUT2D eigenvalue weighted by Gasteiger charge is -2.46. The minimum Gasteiger partial charge on any atom is -0.461 e. The number of hydrogen-bond acceptors (Lipinski definition) is 5. The van der Waals surface area contributed by atoms with Crippen LogP contribution in [0.5, 0.6) is 0 Å². The van der Waals surface area contributed by atoms with Crippen molar-refractivity contribution < 1.29 is 17.9 Å². The van der Waals surface area contributed by atoms with Crippen molar-refractivity contribution in [3.63, 3.8) is 0 Å². The number of hydrogen-bond donors (Lipinski definition) is 1. The summed E-state index contributed by atoms with van der Waals surface area (Å²) in [4.78, 5) is 14.0. The normalized spacial score (nSPS) is 30.4. The number of nitrogens with zero attached hydrogens (tertiary/aromatic N) is 1. The van der Waals surface area contributed by atoms with Gasteiger partial charge in [0, 0.05) is 24.0 Å². The number of carbonyl (C=O) groups is 1. The van der Waals surface area contributed by atoms with E-state index in [1.54, 1.807) is 0 Å². The first-order valence-electron chi connectivity index (χ1n) is 16.5. The Morgan fingerprint density at radius 3 is 2.07 bits per heavy atom. The van der Waals surface area contributed by atoms with Gasteiger partial charge in [0.2, 0.25) is 10.0 Å². The molecule has 0 radical (unpaired) electrons. The van der Waals surface area contributed by atoms with Gasteiger partial charge in [0.1, 0.15) is 6.10 Å². The van der Waals surface area contributed by atoms with E-state index in [9.17, 15) is 13.2 Å². The molecular formula is C34H54N2O4S. The standard InChI is InChI=1S/C34H54N2O4S/c1-4-33(24-35,23-26-14-8-5-9-15-26)31(37)40-30-22-27-20-21-34(30,32(27,2)3)25-41(38,39)36(28-16-10-6-11-17-28)29-18-12-7-13-19-29/h5,8-9,14-15,27-30H,4,6-7,10-13,16-25,35H2,1-3H3/t27-,30-,33+,34-/m1/s1. The van der Waals surface area contributed by atoms with Gasteiger partial charge in [-0.3, -0.25) is 4.79 Å². The second-order valence-electron chi connectivity index (χ2n) is 14.4. The fraction of sp³-hybridized carbons (Fsp3) is 0.794. The van der Waals surface area contributed by atoms with E-state index in [2.05, 4.69) is 13.8 Å². The molecular weight excluding hydrogens is 532 g/mol. The van der Waals surface area contributed by atoms with Crippen molar-refractivity contribution in [2.75, 3.05) is 12.3 Å². The molecule has 0 spiro atoms. The van der Waals surface area contributed by atoms with Gasteiger partial charge in [-0.15, -0.1) is 0 Å². The second kappa shape index (κ2) is 12.3. The van der Waals surface area contributed by atoms with E-state index in [1.807, 2.05) is 41.6 Å². The van der Waals surface area contributed by atoms with Crippen LogP contribution in [0.25, 0.3) is 0 Å². The minimum atomic E-state index is -3.57. The zero-order chi connectivity index (χ0) is 29.3. The van der Waals surface area contributed by atoms with Crippen LogP contribution in [0, 0.1) is 22.2 Å². The van der Waals surface area contributed by atoms with Crippen LogP contribution in [0.2, 0.25) is 0 Å². The molecule has 0 amide bonds. The minimum absolute atomic E-state index is 0.0921. The highest BCUT2D eigenvalue weighted by molar-refractivity contribution is 7.89. The lowest BCUT2D eigenvalue weighted by molar-refractivity contribution is -0.169. The van der Waals surface area contributed by atoms with Gasteiger partial charge in [-0.2, -0.15) is 4.31 Å². The number of carbonyl (C=O) groups excluding carboxylic acids is 1. The largest absolute Gasteiger partial charge is 0.461 e. The smallest absolute Gasteiger partial charge is 0.313 e. The fourth-order valence-electron chi connectivity index (χ4n) is 9.21. The van der Waals surface area contributed by atoms with Crippen LogP contribution < -0.4 is 5.73 Å². The zero-order valence-electron chi connectivity index (χ0n) is 25.8. The van der Waals surface area contributed by atoms with Crippen LogP contribution in [0.15, 0.2) is 30.3 Å². The van der Waals surface area contributed by atoms with E-state index in [-0.39, 0.29) is 35.8 Å². The van der Waals surface area contributed by atoms with Crippen molar-refractivity contribution in [2.45, 2.75) is 135 Å². The summed E-state index contributed by atoms with van der Waals surface area (Å²) in [5.74, 6) is 0.193. The van der Waals surface area contributed by atoms with E-state index in [1.165, 1.54) is 12.8 Å². The molecule has 6 nitrogen and oxygen atoms in total. The summed E-state index contributed by atoms with van der Waals surface area (Å²) in [6.45, 7) is 6.69. The highest BCUT2D eigenvalue weighted by Gasteiger charge is 2.67. The van der Waals surface area contributed by atoms with Crippen LogP contribution in [-0.2, 0) is 26.0 Å². The number of rotatable bonds is 11. The third-order valence-electron chi connectivity index (χ3n) is 12.1. The number of sulfonamides is 1. The number of fused-ring (bicyclic) bond motifs is 2. The van der Waals surface area contributed by atoms with Gasteiger partial charge in [0.25, 0.3) is 0 Å². The Balaban J connectivity index is 1.43. The molecule has 1 aromatic rings. The maximum absolute atomic E-state index is 14.7. The van der Waals surface area contributed by atoms with Gasteiger partial charge in [0.05, 0.1) is 11.2 Å². The Hall–Kier alpha value is -1.44. The summed E-state index contributed by atoms with van der Waals surface area (Å²) in [7, 11) is -3.57. The van der Waals surface area contributed by atoms with Crippen LogP contribution >= 0.6 is 0 Å². The predicted molar refractivity (Wildman–Crippen MR) is 165 cm³/mol. The average molecular weight is 587 g/mol. The summed E-state index contributed by atoms with van der Waals surface area (Å²) < 4.78 is 37.9. The Morgan fingerprint density at radius 1 is 0.976 bits per heavy atom. The molecule has 4 atom stereocenters. The third kappa shape index (κ3) is 5.76. The van der Waals surface area contributed by atoms with E-state index in [0.29, 0.717) is 18.8 Å². The van der Waals surface area contributed by atoms with Crippen molar-refractivity contribution in [1.82, 2.24) is 4.31 Å². The molecule has 7 heteroatoms. The molecule has 0 unspecified atom stereocenters. The molecule has 1 aromatic carbocycles. The average Bonchev–Trinajstić information content (AvgIpc) is 3.32. The van der Waals surface area contributed by atoms with Gasteiger partial charge < -0.3 is 10.5 Å². The first-order valence-corrected chi connectivity index (χ1v) is 18.2. The monoisotopic (exact) mass is 586 g/mol. The number of ether oxygens (including phenoxy) is 1. The van der Waals surface area contributed by atoms with Crippen molar-refractivity contribution in [3.05, 3.63) is 35.9 Å². The highest BCUT2D eigenvalue weighted by Crippen LogP contribution is 2.67. The third-order valence-corrected chi connectivity index (χ3v) is 14.2. The fourth-order valence-corrected chi connectivity index (χ4v) is 12.0. The van der Waals surface area contributed by atoms with Gasteiger partial charge in [0.15, 0.2) is 0 Å². The molecule has 0 saturated heterocycles. The molecule has 2 N–H and O–H groups in total. The predicted octanol–water partition coefficient (Wildman–Crippen LogP) is 6.62. The Labute approximate surface area is 249 Å². The van der Waals surface area contributed by atoms with Crippen LogP contribution in [-0.4, -0.2) is 49.2 Å². The summed E-state index contributed by atoms with van der Waals surface area (Å²) >= 11 is 0. The van der Waals surface area contributed by atoms with Crippen LogP contribution in [0.1, 0.15) is 116 Å². The van der Waals surface area contributed by atoms with Crippen molar-refractivity contribution in [2.24, 2.45) is 27.9 Å². The molecule has 4 aliphatic carbocycles. The molecule has 41 heavy (non-hydrogen) atoms. The van der Waals surface area contributed by atoms with Crippen LogP contribution in [0.4, 0.5) is 0 Å². The molecule has 230 valence electrons. The molecule has 5 rings (SSSR count). The first-order chi connectivity index (χ1) is 19.6. The summed E-state index contributed by atoms with van der Waals surface area (Å²) in [6.07, 6.45) is 14.0. The van der Waals surface area contributed by atoms with E-state index in [0.717, 1.165) is 76.2 Å². The number of benzene rings is 1. The summed E-state index contributed by atoms with van der Waals surface area (Å²) in [6, 6.07) is 10.3.